The van der Waals surface area contributed by atoms with Gasteiger partial charge in [0.05, 0.1) is 7.11 Å². The van der Waals surface area contributed by atoms with Gasteiger partial charge in [-0.25, -0.2) is 0 Å². The van der Waals surface area contributed by atoms with E-state index in [1.54, 1.807) is 14.0 Å². The minimum absolute atomic E-state index is 0.0706. The standard InChI is InChI=1S/C21H28O4/c1-12(22)21(24)9-7-17-15-5-4-13-10-18(23)19(25-3)11-16(13)14(15)6-8-20(17,21)2/h10-11,14-15,17,23-24H,4-9H2,1-3H3/t14-,15+,17-,20-,21-/m0/s1. The van der Waals surface area contributed by atoms with Crippen molar-refractivity contribution in [1.82, 2.24) is 0 Å². The Labute approximate surface area is 149 Å². The fourth-order valence-electron chi connectivity index (χ4n) is 6.35. The molecule has 136 valence electrons. The van der Waals surface area contributed by atoms with Crippen LogP contribution in [0.1, 0.15) is 63.0 Å². The number of ether oxygens (including phenoxy) is 1. The summed E-state index contributed by atoms with van der Waals surface area (Å²) in [4.78, 5) is 12.2. The number of aromatic hydroxyl groups is 1. The zero-order valence-electron chi connectivity index (χ0n) is 15.3. The quantitative estimate of drug-likeness (QED) is 0.860. The molecule has 2 fully saturated rings. The number of carbonyl (C=O) groups excluding carboxylic acids is 1. The summed E-state index contributed by atoms with van der Waals surface area (Å²) in [6, 6.07) is 3.87. The molecule has 0 saturated heterocycles. The predicted octanol–water partition coefficient (Wildman–Crippen LogP) is 3.58. The summed E-state index contributed by atoms with van der Waals surface area (Å²) in [7, 11) is 1.59. The molecular formula is C21H28O4. The van der Waals surface area contributed by atoms with Crippen LogP contribution in [0.25, 0.3) is 0 Å². The number of ketones is 1. The summed E-state index contributed by atoms with van der Waals surface area (Å²) in [5.74, 6) is 2.00. The van der Waals surface area contributed by atoms with Gasteiger partial charge in [0, 0.05) is 5.41 Å². The lowest BCUT2D eigenvalue weighted by atomic mass is 9.53. The molecular weight excluding hydrogens is 316 g/mol. The van der Waals surface area contributed by atoms with Crippen LogP contribution in [0, 0.1) is 17.3 Å². The van der Waals surface area contributed by atoms with Gasteiger partial charge in [-0.05, 0) is 86.5 Å². The lowest BCUT2D eigenvalue weighted by molar-refractivity contribution is -0.154. The summed E-state index contributed by atoms with van der Waals surface area (Å²) in [5, 5.41) is 21.2. The topological polar surface area (TPSA) is 66.8 Å². The first-order valence-corrected chi connectivity index (χ1v) is 9.45. The number of aliphatic hydroxyl groups is 1. The number of hydrogen-bond acceptors (Lipinski definition) is 4. The van der Waals surface area contributed by atoms with Gasteiger partial charge in [0.15, 0.2) is 17.3 Å². The molecule has 4 rings (SSSR count). The van der Waals surface area contributed by atoms with Gasteiger partial charge in [0.1, 0.15) is 5.60 Å². The van der Waals surface area contributed by atoms with Gasteiger partial charge in [-0.3, -0.25) is 4.79 Å². The molecule has 0 bridgehead atoms. The maximum atomic E-state index is 12.2. The van der Waals surface area contributed by atoms with Crippen molar-refractivity contribution in [2.75, 3.05) is 7.11 Å². The van der Waals surface area contributed by atoms with Gasteiger partial charge in [-0.15, -0.1) is 0 Å². The Morgan fingerprint density at radius 1 is 1.24 bits per heavy atom. The summed E-state index contributed by atoms with van der Waals surface area (Å²) in [6.45, 7) is 3.68. The second-order valence-corrected chi connectivity index (χ2v) is 8.55. The van der Waals surface area contributed by atoms with E-state index in [-0.39, 0.29) is 16.9 Å². The van der Waals surface area contributed by atoms with Crippen LogP contribution >= 0.6 is 0 Å². The second-order valence-electron chi connectivity index (χ2n) is 8.55. The van der Waals surface area contributed by atoms with Gasteiger partial charge < -0.3 is 14.9 Å². The number of methoxy groups -OCH3 is 1. The molecule has 2 saturated carbocycles. The van der Waals surface area contributed by atoms with Gasteiger partial charge in [0.25, 0.3) is 0 Å². The van der Waals surface area contributed by atoms with Gasteiger partial charge in [-0.2, -0.15) is 0 Å². The molecule has 1 aromatic rings. The molecule has 0 aromatic heterocycles. The fraction of sp³-hybridized carbons (Fsp3) is 0.667. The molecule has 1 aromatic carbocycles. The first-order valence-electron chi connectivity index (χ1n) is 9.45. The van der Waals surface area contributed by atoms with Crippen LogP contribution in [-0.4, -0.2) is 28.7 Å². The van der Waals surface area contributed by atoms with Crippen molar-refractivity contribution < 1.29 is 19.7 Å². The Balaban J connectivity index is 1.72. The Hall–Kier alpha value is -1.55. The number of benzene rings is 1. The van der Waals surface area contributed by atoms with E-state index in [1.165, 1.54) is 11.1 Å². The van der Waals surface area contributed by atoms with E-state index < -0.39 is 5.60 Å². The molecule has 0 radical (unpaired) electrons. The lowest BCUT2D eigenvalue weighted by Crippen LogP contribution is -2.54. The zero-order valence-corrected chi connectivity index (χ0v) is 15.3. The van der Waals surface area contributed by atoms with Crippen molar-refractivity contribution >= 4 is 5.78 Å². The van der Waals surface area contributed by atoms with Crippen molar-refractivity contribution in [3.8, 4) is 11.5 Å². The maximum absolute atomic E-state index is 12.2. The zero-order chi connectivity index (χ0) is 18.0. The summed E-state index contributed by atoms with van der Waals surface area (Å²) < 4.78 is 5.33. The normalized spacial score (nSPS) is 39.3. The van der Waals surface area contributed by atoms with E-state index in [4.69, 9.17) is 4.74 Å². The SMILES string of the molecule is COc1cc2c(cc1O)CC[C@@H]1[C@@H]2CC[C@@]2(C)[C@H]1CC[C@]2(O)C(C)=O. The van der Waals surface area contributed by atoms with Crippen LogP contribution < -0.4 is 4.74 Å². The number of hydrogen-bond donors (Lipinski definition) is 2. The Morgan fingerprint density at radius 3 is 2.68 bits per heavy atom. The van der Waals surface area contributed by atoms with Crippen LogP contribution in [0.5, 0.6) is 11.5 Å². The maximum Gasteiger partial charge on any atom is 0.161 e. The van der Waals surface area contributed by atoms with Crippen molar-refractivity contribution in [2.45, 2.75) is 63.9 Å². The molecule has 5 atom stereocenters. The molecule has 0 amide bonds. The van der Waals surface area contributed by atoms with Crippen LogP contribution in [0.4, 0.5) is 0 Å². The van der Waals surface area contributed by atoms with Crippen molar-refractivity contribution in [3.63, 3.8) is 0 Å². The third kappa shape index (κ3) is 2.13. The Bertz CT molecular complexity index is 727. The monoisotopic (exact) mass is 344 g/mol. The van der Waals surface area contributed by atoms with Crippen LogP contribution in [-0.2, 0) is 11.2 Å². The highest BCUT2D eigenvalue weighted by molar-refractivity contribution is 5.86. The second kappa shape index (κ2) is 5.47. The number of phenolic OH excluding ortho intramolecular Hbond substituents is 1. The number of aryl methyl sites for hydroxylation is 1. The average Bonchev–Trinajstić information content (AvgIpc) is 2.87. The Morgan fingerprint density at radius 2 is 2.00 bits per heavy atom. The molecule has 0 spiro atoms. The van der Waals surface area contributed by atoms with Gasteiger partial charge >= 0.3 is 0 Å². The van der Waals surface area contributed by atoms with E-state index in [1.807, 2.05) is 12.1 Å². The molecule has 0 heterocycles. The third-order valence-corrected chi connectivity index (χ3v) is 7.76. The highest BCUT2D eigenvalue weighted by atomic mass is 16.5. The van der Waals surface area contributed by atoms with E-state index >= 15 is 0 Å². The van der Waals surface area contributed by atoms with E-state index in [9.17, 15) is 15.0 Å². The summed E-state index contributed by atoms with van der Waals surface area (Å²) >= 11 is 0. The number of fused-ring (bicyclic) bond motifs is 5. The van der Waals surface area contributed by atoms with Crippen LogP contribution in [0.3, 0.4) is 0 Å². The smallest absolute Gasteiger partial charge is 0.161 e. The molecule has 3 aliphatic rings. The third-order valence-electron chi connectivity index (χ3n) is 7.76. The van der Waals surface area contributed by atoms with E-state index in [2.05, 4.69) is 6.92 Å². The number of carbonyl (C=O) groups is 1. The molecule has 25 heavy (non-hydrogen) atoms. The van der Waals surface area contributed by atoms with Gasteiger partial charge in [-0.1, -0.05) is 6.92 Å². The Kier molecular flexibility index (Phi) is 3.70. The minimum atomic E-state index is -1.16. The minimum Gasteiger partial charge on any atom is -0.504 e. The molecule has 0 aliphatic heterocycles. The molecule has 3 aliphatic carbocycles. The van der Waals surface area contributed by atoms with Crippen LogP contribution in [0.2, 0.25) is 0 Å². The first kappa shape index (κ1) is 16.9. The molecule has 0 unspecified atom stereocenters. The number of Topliss-reactive ketones (excluding diaryl/α,β-unsaturated/α-hetero) is 1. The van der Waals surface area contributed by atoms with Crippen molar-refractivity contribution in [3.05, 3.63) is 23.3 Å². The van der Waals surface area contributed by atoms with Gasteiger partial charge in [0.2, 0.25) is 0 Å². The first-order chi connectivity index (χ1) is 11.8. The molecule has 4 nitrogen and oxygen atoms in total. The summed E-state index contributed by atoms with van der Waals surface area (Å²) in [6.07, 6.45) is 5.39. The average molecular weight is 344 g/mol. The molecule has 2 N–H and O–H groups in total. The van der Waals surface area contributed by atoms with Crippen molar-refractivity contribution in [2.24, 2.45) is 17.3 Å². The number of rotatable bonds is 2. The summed E-state index contributed by atoms with van der Waals surface area (Å²) in [5.41, 5.74) is 1.06. The van der Waals surface area contributed by atoms with E-state index in [0.29, 0.717) is 29.9 Å². The molecule has 4 heteroatoms. The van der Waals surface area contributed by atoms with E-state index in [0.717, 1.165) is 32.1 Å². The largest absolute Gasteiger partial charge is 0.504 e. The fourth-order valence-corrected chi connectivity index (χ4v) is 6.35. The number of phenols is 1. The predicted molar refractivity (Wildman–Crippen MR) is 94.9 cm³/mol. The highest BCUT2D eigenvalue weighted by Crippen LogP contribution is 2.64. The van der Waals surface area contributed by atoms with Crippen LogP contribution in [0.15, 0.2) is 12.1 Å². The highest BCUT2D eigenvalue weighted by Gasteiger charge is 2.63. The lowest BCUT2D eigenvalue weighted by Gasteiger charge is -2.52. The van der Waals surface area contributed by atoms with Crippen molar-refractivity contribution in [1.29, 1.82) is 0 Å².